The van der Waals surface area contributed by atoms with Crippen molar-refractivity contribution in [3.8, 4) is 0 Å². The molecule has 0 aromatic carbocycles. The zero-order valence-electron chi connectivity index (χ0n) is 17.7. The summed E-state index contributed by atoms with van der Waals surface area (Å²) in [4.78, 5) is 5.18. The van der Waals surface area contributed by atoms with Crippen LogP contribution in [0, 0.1) is 0 Å². The Labute approximate surface area is 149 Å². The molecule has 0 aliphatic rings. The Morgan fingerprint density at radius 2 is 1.13 bits per heavy atom. The van der Waals surface area contributed by atoms with Crippen LogP contribution in [0.15, 0.2) is 0 Å². The Kier molecular flexibility index (Phi) is 9.84. The van der Waals surface area contributed by atoms with Crippen molar-refractivity contribution in [3.63, 3.8) is 0 Å². The fourth-order valence-electron chi connectivity index (χ4n) is 4.22. The van der Waals surface area contributed by atoms with Gasteiger partial charge in [-0.2, -0.15) is 6.54 Å². The van der Waals surface area contributed by atoms with E-state index in [4.69, 9.17) is 9.10 Å². The molecule has 0 aromatic heterocycles. The van der Waals surface area contributed by atoms with Crippen molar-refractivity contribution < 1.29 is 4.12 Å². The summed E-state index contributed by atoms with van der Waals surface area (Å²) in [6.07, 6.45) is 0. The lowest BCUT2D eigenvalue weighted by atomic mass is 10.5. The molecule has 0 saturated carbocycles. The highest BCUT2D eigenvalue weighted by Gasteiger charge is 2.51. The Balaban J connectivity index is 6.16. The lowest BCUT2D eigenvalue weighted by Gasteiger charge is -2.60. The van der Waals surface area contributed by atoms with Gasteiger partial charge in [0, 0.05) is 0 Å². The Hall–Kier alpha value is 0.314. The second kappa shape index (κ2) is 9.71. The Morgan fingerprint density at radius 3 is 1.35 bits per heavy atom. The second-order valence-corrected chi connectivity index (χ2v) is 17.3. The van der Waals surface area contributed by atoms with E-state index in [9.17, 15) is 0 Å². The van der Waals surface area contributed by atoms with Crippen LogP contribution in [0.2, 0.25) is 22.2 Å². The maximum absolute atomic E-state index is 7.39. The molecule has 0 aliphatic carbocycles. The third kappa shape index (κ3) is 4.69. The zero-order chi connectivity index (χ0) is 18.4. The Morgan fingerprint density at radius 1 is 0.739 bits per heavy atom. The maximum Gasteiger partial charge on any atom is 0.265 e. The van der Waals surface area contributed by atoms with E-state index in [0.717, 1.165) is 19.6 Å². The summed E-state index contributed by atoms with van der Waals surface area (Å²) in [5.41, 5.74) is 2.17. The zero-order valence-corrected chi connectivity index (χ0v) is 19.7. The molecular formula is C18H43N2OSi2-. The van der Waals surface area contributed by atoms with Crippen molar-refractivity contribution in [2.24, 2.45) is 0 Å². The van der Waals surface area contributed by atoms with E-state index < -0.39 is 17.0 Å². The molecular weight excluding hydrogens is 316 g/mol. The van der Waals surface area contributed by atoms with E-state index in [1.54, 1.807) is 0 Å². The van der Waals surface area contributed by atoms with Gasteiger partial charge in [0.15, 0.2) is 0 Å². The maximum atomic E-state index is 7.39. The molecule has 0 aliphatic heterocycles. The van der Waals surface area contributed by atoms with Gasteiger partial charge in [-0.25, -0.2) is 0 Å². The third-order valence-electron chi connectivity index (χ3n) is 5.30. The first kappa shape index (κ1) is 23.3. The average molecular weight is 360 g/mol. The van der Waals surface area contributed by atoms with Gasteiger partial charge in [0.1, 0.15) is 0 Å². The fourth-order valence-corrected chi connectivity index (χ4v) is 17.2. The molecule has 0 unspecified atom stereocenters. The summed E-state index contributed by atoms with van der Waals surface area (Å²) in [5, 5.41) is 0. The average Bonchev–Trinajstić information content (AvgIpc) is 2.44. The van der Waals surface area contributed by atoms with Gasteiger partial charge in [-0.3, -0.25) is 0 Å². The molecule has 5 heteroatoms. The molecule has 0 aromatic rings. The molecule has 0 N–H and O–H groups in total. The van der Waals surface area contributed by atoms with E-state index in [-0.39, 0.29) is 0 Å². The molecule has 0 rings (SSSR count). The van der Waals surface area contributed by atoms with Crippen molar-refractivity contribution in [2.75, 3.05) is 19.6 Å². The first-order valence-corrected chi connectivity index (χ1v) is 13.7. The van der Waals surface area contributed by atoms with Gasteiger partial charge in [0.05, 0.1) is 8.48 Å². The van der Waals surface area contributed by atoms with Crippen LogP contribution in [-0.2, 0) is 4.12 Å². The highest BCUT2D eigenvalue weighted by Crippen LogP contribution is 2.46. The van der Waals surface area contributed by atoms with Gasteiger partial charge in [0.2, 0.25) is 0 Å². The number of hydrogen-bond acceptors (Lipinski definition) is 2. The molecule has 23 heavy (non-hydrogen) atoms. The molecule has 140 valence electrons. The molecule has 0 amide bonds. The van der Waals surface area contributed by atoms with Gasteiger partial charge in [-0.05, 0) is 35.3 Å². The summed E-state index contributed by atoms with van der Waals surface area (Å²) in [6.45, 7) is 28.6. The van der Waals surface area contributed by atoms with Gasteiger partial charge >= 0.3 is 0 Å². The van der Waals surface area contributed by atoms with Crippen molar-refractivity contribution in [3.05, 3.63) is 4.98 Å². The molecule has 0 spiro atoms. The highest BCUT2D eigenvalue weighted by atomic mass is 28.4. The summed E-state index contributed by atoms with van der Waals surface area (Å²) < 4.78 is 10.1. The van der Waals surface area contributed by atoms with Crippen LogP contribution in [0.4, 0.5) is 0 Å². The first-order chi connectivity index (χ1) is 10.6. The minimum Gasteiger partial charge on any atom is -0.643 e. The smallest absolute Gasteiger partial charge is 0.265 e. The minimum absolute atomic E-state index is 0.516. The summed E-state index contributed by atoms with van der Waals surface area (Å²) >= 11 is 0. The lowest BCUT2D eigenvalue weighted by Crippen LogP contribution is -2.66. The van der Waals surface area contributed by atoms with Gasteiger partial charge in [-0.15, -0.1) is 0 Å². The first-order valence-electron chi connectivity index (χ1n) is 9.70. The van der Waals surface area contributed by atoms with E-state index in [1.165, 1.54) is 0 Å². The van der Waals surface area contributed by atoms with Gasteiger partial charge in [-0.1, -0.05) is 76.2 Å². The van der Waals surface area contributed by atoms with Gasteiger partial charge in [0.25, 0.3) is 8.48 Å². The predicted octanol–water partition coefficient (Wildman–Crippen LogP) is 6.26. The van der Waals surface area contributed by atoms with Crippen molar-refractivity contribution >= 4 is 17.0 Å². The summed E-state index contributed by atoms with van der Waals surface area (Å²) in [5.74, 6) is 0. The van der Waals surface area contributed by atoms with Crippen molar-refractivity contribution in [2.45, 2.75) is 98.3 Å². The van der Waals surface area contributed by atoms with Crippen LogP contribution >= 0.6 is 0 Å². The number of nitrogens with zero attached hydrogens (tertiary/aromatic N) is 2. The lowest BCUT2D eigenvalue weighted by molar-refractivity contribution is 0.325. The molecule has 0 atom stereocenters. The molecule has 0 heterocycles. The van der Waals surface area contributed by atoms with Crippen molar-refractivity contribution in [1.29, 1.82) is 0 Å². The van der Waals surface area contributed by atoms with Crippen LogP contribution in [0.1, 0.15) is 76.2 Å². The standard InChI is InChI=1S/C18H43N2OSi2/c1-12-19-22(15(4)5,16(6)7)21-23(17(8)9,18(10)11)20(13-2)14-3/h15-18H,12-14H2,1-11H3/q-1. The van der Waals surface area contributed by atoms with Gasteiger partial charge < -0.3 is 13.7 Å². The predicted molar refractivity (Wildman–Crippen MR) is 110 cm³/mol. The van der Waals surface area contributed by atoms with E-state index >= 15 is 0 Å². The SMILES string of the molecule is CC[N-][Si](O[Si](C(C)C)(C(C)C)N(CC)CC)(C(C)C)C(C)C. The number of hydrogen-bond donors (Lipinski definition) is 0. The van der Waals surface area contributed by atoms with Crippen LogP contribution < -0.4 is 0 Å². The highest BCUT2D eigenvalue weighted by molar-refractivity contribution is 6.90. The van der Waals surface area contributed by atoms with Crippen LogP contribution in [-0.4, -0.2) is 41.2 Å². The van der Waals surface area contributed by atoms with Crippen LogP contribution in [0.3, 0.4) is 0 Å². The quantitative estimate of drug-likeness (QED) is 0.407. The molecule has 0 bridgehead atoms. The normalized spacial score (nSPS) is 14.1. The fraction of sp³-hybridized carbons (Fsp3) is 1.00. The number of rotatable bonds is 11. The topological polar surface area (TPSA) is 26.6 Å². The molecule has 0 fully saturated rings. The Bertz CT molecular complexity index is 313. The molecule has 0 radical (unpaired) electrons. The van der Waals surface area contributed by atoms with Crippen LogP contribution in [0.25, 0.3) is 4.98 Å². The molecule has 0 saturated heterocycles. The second-order valence-electron chi connectivity index (χ2n) is 7.87. The van der Waals surface area contributed by atoms with Crippen molar-refractivity contribution in [1.82, 2.24) is 4.57 Å². The largest absolute Gasteiger partial charge is 0.643 e. The van der Waals surface area contributed by atoms with E-state index in [1.807, 2.05) is 0 Å². The molecule has 3 nitrogen and oxygen atoms in total. The summed E-state index contributed by atoms with van der Waals surface area (Å²) in [7, 11) is -4.24. The monoisotopic (exact) mass is 359 g/mol. The minimum atomic E-state index is -2.16. The van der Waals surface area contributed by atoms with E-state index in [0.29, 0.717) is 22.2 Å². The third-order valence-corrected chi connectivity index (χ3v) is 17.0. The van der Waals surface area contributed by atoms with E-state index in [2.05, 4.69) is 80.7 Å². The van der Waals surface area contributed by atoms with Crippen LogP contribution in [0.5, 0.6) is 0 Å². The summed E-state index contributed by atoms with van der Waals surface area (Å²) in [6, 6.07) is 0.